The van der Waals surface area contributed by atoms with Crippen molar-refractivity contribution in [1.82, 2.24) is 9.78 Å². The lowest BCUT2D eigenvalue weighted by Gasteiger charge is -2.04. The molecule has 0 aliphatic carbocycles. The first-order valence-electron chi connectivity index (χ1n) is 6.76. The van der Waals surface area contributed by atoms with Crippen LogP contribution in [0.2, 0.25) is 0 Å². The fourth-order valence-corrected chi connectivity index (χ4v) is 2.56. The first-order chi connectivity index (χ1) is 10.1. The lowest BCUT2D eigenvalue weighted by atomic mass is 10.0. The van der Waals surface area contributed by atoms with Crippen LogP contribution in [0.1, 0.15) is 21.6 Å². The van der Waals surface area contributed by atoms with Gasteiger partial charge in [0.2, 0.25) is 0 Å². The van der Waals surface area contributed by atoms with Crippen molar-refractivity contribution in [2.45, 2.75) is 13.3 Å². The number of aryl methyl sites for hydroxylation is 2. The number of para-hydroxylation sites is 1. The highest BCUT2D eigenvalue weighted by molar-refractivity contribution is 6.00. The van der Waals surface area contributed by atoms with Crippen LogP contribution >= 0.6 is 0 Å². The molecule has 0 radical (unpaired) electrons. The molecule has 1 aromatic heterocycles. The van der Waals surface area contributed by atoms with Crippen LogP contribution in [0.3, 0.4) is 0 Å². The standard InChI is InChI=1S/C17H15FN2O/c1-11-7-8-12(18)9-14(11)17(21)10-15-13-5-3-4-6-16(13)20(2)19-15/h3-9H,10H2,1-2H3. The van der Waals surface area contributed by atoms with Crippen LogP contribution in [-0.4, -0.2) is 15.6 Å². The molecule has 3 nitrogen and oxygen atoms in total. The van der Waals surface area contributed by atoms with Crippen LogP contribution in [0.4, 0.5) is 4.39 Å². The van der Waals surface area contributed by atoms with E-state index in [1.165, 1.54) is 12.1 Å². The molecule has 0 aliphatic rings. The summed E-state index contributed by atoms with van der Waals surface area (Å²) in [6, 6.07) is 12.1. The molecule has 4 heteroatoms. The summed E-state index contributed by atoms with van der Waals surface area (Å²) in [5.41, 5.74) is 2.91. The molecule has 0 N–H and O–H groups in total. The molecule has 0 spiro atoms. The van der Waals surface area contributed by atoms with Gasteiger partial charge in [-0.15, -0.1) is 0 Å². The smallest absolute Gasteiger partial charge is 0.169 e. The van der Waals surface area contributed by atoms with Gasteiger partial charge in [0.25, 0.3) is 0 Å². The van der Waals surface area contributed by atoms with E-state index in [0.717, 1.165) is 22.2 Å². The minimum Gasteiger partial charge on any atom is -0.294 e. The van der Waals surface area contributed by atoms with Gasteiger partial charge in [-0.3, -0.25) is 9.48 Å². The summed E-state index contributed by atoms with van der Waals surface area (Å²) in [6.07, 6.45) is 0.172. The third-order valence-electron chi connectivity index (χ3n) is 3.66. The molecular weight excluding hydrogens is 267 g/mol. The second kappa shape index (κ2) is 5.13. The Morgan fingerprint density at radius 2 is 2.00 bits per heavy atom. The number of aromatic nitrogens is 2. The molecule has 21 heavy (non-hydrogen) atoms. The van der Waals surface area contributed by atoms with Gasteiger partial charge in [-0.05, 0) is 30.7 Å². The maximum atomic E-state index is 13.3. The molecule has 3 aromatic rings. The molecule has 0 unspecified atom stereocenters. The number of fused-ring (bicyclic) bond motifs is 1. The highest BCUT2D eigenvalue weighted by Crippen LogP contribution is 2.20. The van der Waals surface area contributed by atoms with Crippen molar-refractivity contribution in [1.29, 1.82) is 0 Å². The summed E-state index contributed by atoms with van der Waals surface area (Å²) in [7, 11) is 1.85. The van der Waals surface area contributed by atoms with Gasteiger partial charge in [0, 0.05) is 18.0 Å². The number of rotatable bonds is 3. The topological polar surface area (TPSA) is 34.9 Å². The Bertz CT molecular complexity index is 836. The molecule has 0 amide bonds. The molecule has 0 fully saturated rings. The molecule has 3 rings (SSSR count). The van der Waals surface area contributed by atoms with Gasteiger partial charge in [-0.1, -0.05) is 24.3 Å². The Hall–Kier alpha value is -2.49. The first kappa shape index (κ1) is 13.5. The zero-order valence-electron chi connectivity index (χ0n) is 11.9. The monoisotopic (exact) mass is 282 g/mol. The fourth-order valence-electron chi connectivity index (χ4n) is 2.56. The summed E-state index contributed by atoms with van der Waals surface area (Å²) in [5, 5.41) is 5.37. The number of ketones is 1. The van der Waals surface area contributed by atoms with Crippen molar-refractivity contribution in [2.75, 3.05) is 0 Å². The number of carbonyl (C=O) groups is 1. The molecule has 0 atom stereocenters. The minimum absolute atomic E-state index is 0.115. The maximum Gasteiger partial charge on any atom is 0.169 e. The Balaban J connectivity index is 1.99. The number of hydrogen-bond acceptors (Lipinski definition) is 2. The molecule has 1 heterocycles. The number of halogens is 1. The van der Waals surface area contributed by atoms with Crippen molar-refractivity contribution in [3.63, 3.8) is 0 Å². The van der Waals surface area contributed by atoms with E-state index >= 15 is 0 Å². The molecule has 106 valence electrons. The van der Waals surface area contributed by atoms with Gasteiger partial charge in [0.05, 0.1) is 17.6 Å². The molecule has 0 aliphatic heterocycles. The highest BCUT2D eigenvalue weighted by Gasteiger charge is 2.15. The van der Waals surface area contributed by atoms with Crippen LogP contribution in [0.15, 0.2) is 42.5 Å². The Morgan fingerprint density at radius 1 is 1.24 bits per heavy atom. The van der Waals surface area contributed by atoms with E-state index < -0.39 is 5.82 Å². The largest absolute Gasteiger partial charge is 0.294 e. The van der Waals surface area contributed by atoms with Crippen molar-refractivity contribution in [3.8, 4) is 0 Å². The van der Waals surface area contributed by atoms with Crippen molar-refractivity contribution < 1.29 is 9.18 Å². The molecule has 0 bridgehead atoms. The van der Waals surface area contributed by atoms with Gasteiger partial charge >= 0.3 is 0 Å². The van der Waals surface area contributed by atoms with E-state index in [9.17, 15) is 9.18 Å². The normalized spacial score (nSPS) is 11.0. The highest BCUT2D eigenvalue weighted by atomic mass is 19.1. The number of carbonyl (C=O) groups excluding carboxylic acids is 1. The number of nitrogens with zero attached hydrogens (tertiary/aromatic N) is 2. The first-order valence-corrected chi connectivity index (χ1v) is 6.76. The Morgan fingerprint density at radius 3 is 2.81 bits per heavy atom. The van der Waals surface area contributed by atoms with Crippen LogP contribution in [0.25, 0.3) is 10.9 Å². The van der Waals surface area contributed by atoms with E-state index in [1.54, 1.807) is 10.7 Å². The lowest BCUT2D eigenvalue weighted by molar-refractivity contribution is 0.0991. The van der Waals surface area contributed by atoms with E-state index in [4.69, 9.17) is 0 Å². The average molecular weight is 282 g/mol. The third kappa shape index (κ3) is 2.44. The Labute approximate surface area is 122 Å². The predicted molar refractivity (Wildman–Crippen MR) is 79.9 cm³/mol. The second-order valence-corrected chi connectivity index (χ2v) is 5.15. The van der Waals surface area contributed by atoms with E-state index in [-0.39, 0.29) is 12.2 Å². The van der Waals surface area contributed by atoms with Crippen molar-refractivity contribution in [3.05, 3.63) is 65.1 Å². The summed E-state index contributed by atoms with van der Waals surface area (Å²) in [6.45, 7) is 1.81. The lowest BCUT2D eigenvalue weighted by Crippen LogP contribution is -2.07. The summed E-state index contributed by atoms with van der Waals surface area (Å²) in [4.78, 5) is 12.4. The van der Waals surface area contributed by atoms with Crippen LogP contribution < -0.4 is 0 Å². The van der Waals surface area contributed by atoms with Gasteiger partial charge in [-0.25, -0.2) is 4.39 Å². The number of benzene rings is 2. The van der Waals surface area contributed by atoms with Gasteiger partial charge in [0.1, 0.15) is 5.82 Å². The Kier molecular flexibility index (Phi) is 3.29. The SMILES string of the molecule is Cc1ccc(F)cc1C(=O)Cc1nn(C)c2ccccc12. The van der Waals surface area contributed by atoms with Crippen LogP contribution in [0.5, 0.6) is 0 Å². The van der Waals surface area contributed by atoms with Crippen molar-refractivity contribution >= 4 is 16.7 Å². The third-order valence-corrected chi connectivity index (χ3v) is 3.66. The minimum atomic E-state index is -0.394. The maximum absolute atomic E-state index is 13.3. The fraction of sp³-hybridized carbons (Fsp3) is 0.176. The van der Waals surface area contributed by atoms with Crippen LogP contribution in [-0.2, 0) is 13.5 Å². The summed E-state index contributed by atoms with van der Waals surface area (Å²) >= 11 is 0. The van der Waals surface area contributed by atoms with E-state index in [2.05, 4.69) is 5.10 Å². The number of hydrogen-bond donors (Lipinski definition) is 0. The van der Waals surface area contributed by atoms with Crippen LogP contribution in [0, 0.1) is 12.7 Å². The van der Waals surface area contributed by atoms with E-state index in [0.29, 0.717) is 5.56 Å². The van der Waals surface area contributed by atoms with Crippen molar-refractivity contribution in [2.24, 2.45) is 7.05 Å². The number of Topliss-reactive ketones (excluding diaryl/α,β-unsaturated/α-hetero) is 1. The quantitative estimate of drug-likeness (QED) is 0.690. The van der Waals surface area contributed by atoms with E-state index in [1.807, 2.05) is 38.2 Å². The van der Waals surface area contributed by atoms with Gasteiger partial charge in [0.15, 0.2) is 5.78 Å². The zero-order chi connectivity index (χ0) is 15.0. The molecular formula is C17H15FN2O. The van der Waals surface area contributed by atoms with Gasteiger partial charge in [-0.2, -0.15) is 5.10 Å². The molecule has 0 saturated carbocycles. The second-order valence-electron chi connectivity index (χ2n) is 5.15. The molecule has 0 saturated heterocycles. The summed E-state index contributed by atoms with van der Waals surface area (Å²) in [5.74, 6) is -0.509. The molecule has 2 aromatic carbocycles. The average Bonchev–Trinajstić information content (AvgIpc) is 2.78. The predicted octanol–water partition coefficient (Wildman–Crippen LogP) is 3.45. The van der Waals surface area contributed by atoms with Gasteiger partial charge < -0.3 is 0 Å². The zero-order valence-corrected chi connectivity index (χ0v) is 11.9. The summed E-state index contributed by atoms with van der Waals surface area (Å²) < 4.78 is 15.1.